The van der Waals surface area contributed by atoms with Crippen LogP contribution in [0, 0.1) is 0 Å². The van der Waals surface area contributed by atoms with Gasteiger partial charge in [-0.05, 0) is 36.1 Å². The van der Waals surface area contributed by atoms with Crippen molar-refractivity contribution >= 4 is 34.5 Å². The smallest absolute Gasteiger partial charge is 0.186 e. The molecule has 1 atom stereocenters. The fraction of sp³-hybridized carbons (Fsp3) is 0.500. The van der Waals surface area contributed by atoms with Gasteiger partial charge in [0.2, 0.25) is 0 Å². The van der Waals surface area contributed by atoms with Gasteiger partial charge in [-0.25, -0.2) is 0 Å². The Balaban J connectivity index is 2.12. The van der Waals surface area contributed by atoms with Crippen molar-refractivity contribution in [3.05, 3.63) is 16.6 Å². The van der Waals surface area contributed by atoms with Gasteiger partial charge in [-0.2, -0.15) is 0 Å². The zero-order chi connectivity index (χ0) is 11.4. The molecule has 4 nitrogen and oxygen atoms in total. The first-order valence-corrected chi connectivity index (χ1v) is 6.83. The van der Waals surface area contributed by atoms with Crippen LogP contribution < -0.4 is 5.32 Å². The average Bonchev–Trinajstić information content (AvgIpc) is 2.73. The Kier molecular flexibility index (Phi) is 4.09. The lowest BCUT2D eigenvalue weighted by Crippen LogP contribution is -2.32. The summed E-state index contributed by atoms with van der Waals surface area (Å²) in [6.07, 6.45) is 3.03. The Hall–Kier alpha value is -0.720. The van der Waals surface area contributed by atoms with E-state index in [0.29, 0.717) is 5.25 Å². The molecule has 86 valence electrons. The Morgan fingerprint density at radius 3 is 3.31 bits per heavy atom. The minimum Gasteiger partial charge on any atom is -0.313 e. The molecule has 0 bridgehead atoms. The Labute approximate surface area is 103 Å². The second kappa shape index (κ2) is 5.56. The molecule has 1 aromatic heterocycles. The van der Waals surface area contributed by atoms with Crippen molar-refractivity contribution in [2.24, 2.45) is 0 Å². The summed E-state index contributed by atoms with van der Waals surface area (Å²) in [6.45, 7) is 3.43. The second-order valence-electron chi connectivity index (χ2n) is 3.61. The number of hydrogen-bond donors (Lipinski definition) is 1. The van der Waals surface area contributed by atoms with Gasteiger partial charge < -0.3 is 5.32 Å². The summed E-state index contributed by atoms with van der Waals surface area (Å²) in [7, 11) is 0. The van der Waals surface area contributed by atoms with E-state index in [-0.39, 0.29) is 5.12 Å². The third-order valence-corrected chi connectivity index (χ3v) is 4.02. The van der Waals surface area contributed by atoms with Crippen LogP contribution in [0.15, 0.2) is 11.0 Å². The SMILES string of the molecule is CC(=O)SC1CCNCC1=Cc1csnn1. The zero-order valence-electron chi connectivity index (χ0n) is 8.97. The van der Waals surface area contributed by atoms with E-state index < -0.39 is 0 Å². The maximum atomic E-state index is 11.1. The lowest BCUT2D eigenvalue weighted by Gasteiger charge is -2.24. The lowest BCUT2D eigenvalue weighted by atomic mass is 10.1. The highest BCUT2D eigenvalue weighted by molar-refractivity contribution is 8.14. The monoisotopic (exact) mass is 255 g/mol. The van der Waals surface area contributed by atoms with Crippen LogP contribution in [0.2, 0.25) is 0 Å². The fourth-order valence-electron chi connectivity index (χ4n) is 1.67. The number of piperidine rings is 1. The molecule has 16 heavy (non-hydrogen) atoms. The minimum atomic E-state index is 0.175. The highest BCUT2D eigenvalue weighted by Crippen LogP contribution is 2.26. The van der Waals surface area contributed by atoms with Crippen LogP contribution in [0.4, 0.5) is 0 Å². The van der Waals surface area contributed by atoms with Gasteiger partial charge in [0.1, 0.15) is 0 Å². The summed E-state index contributed by atoms with van der Waals surface area (Å²) < 4.78 is 3.83. The summed E-state index contributed by atoms with van der Waals surface area (Å²) in [5.41, 5.74) is 2.12. The Bertz CT molecular complexity index is 389. The van der Waals surface area contributed by atoms with Gasteiger partial charge in [-0.15, -0.1) is 5.10 Å². The van der Waals surface area contributed by atoms with Crippen LogP contribution in [0.1, 0.15) is 19.0 Å². The molecule has 1 N–H and O–H groups in total. The van der Waals surface area contributed by atoms with E-state index in [2.05, 4.69) is 14.9 Å². The van der Waals surface area contributed by atoms with E-state index in [9.17, 15) is 4.79 Å². The van der Waals surface area contributed by atoms with Crippen LogP contribution in [-0.2, 0) is 4.79 Å². The molecule has 1 aromatic rings. The van der Waals surface area contributed by atoms with Crippen molar-refractivity contribution in [1.82, 2.24) is 14.9 Å². The predicted molar refractivity (Wildman–Crippen MR) is 67.4 cm³/mol. The summed E-state index contributed by atoms with van der Waals surface area (Å²) >= 11 is 2.76. The summed E-state index contributed by atoms with van der Waals surface area (Å²) in [4.78, 5) is 11.1. The molecule has 0 saturated carbocycles. The molecule has 1 aliphatic heterocycles. The quantitative estimate of drug-likeness (QED) is 0.869. The number of nitrogens with one attached hydrogen (secondary N) is 1. The molecular formula is C10H13N3OS2. The van der Waals surface area contributed by atoms with Gasteiger partial charge in [-0.3, -0.25) is 4.79 Å². The number of aromatic nitrogens is 2. The maximum absolute atomic E-state index is 11.1. The molecule has 0 spiro atoms. The molecule has 2 heterocycles. The molecule has 1 unspecified atom stereocenters. The zero-order valence-corrected chi connectivity index (χ0v) is 10.6. The van der Waals surface area contributed by atoms with Gasteiger partial charge >= 0.3 is 0 Å². The first-order chi connectivity index (χ1) is 7.75. The third-order valence-electron chi connectivity index (χ3n) is 2.34. The molecule has 0 amide bonds. The van der Waals surface area contributed by atoms with Crippen molar-refractivity contribution in [2.45, 2.75) is 18.6 Å². The maximum Gasteiger partial charge on any atom is 0.186 e. The second-order valence-corrected chi connectivity index (χ2v) is 5.60. The van der Waals surface area contributed by atoms with E-state index in [1.54, 1.807) is 6.92 Å². The molecule has 0 aromatic carbocycles. The van der Waals surface area contributed by atoms with Gasteiger partial charge in [0.25, 0.3) is 0 Å². The van der Waals surface area contributed by atoms with Crippen LogP contribution in [0.5, 0.6) is 0 Å². The number of rotatable bonds is 2. The Morgan fingerprint density at radius 2 is 2.62 bits per heavy atom. The average molecular weight is 255 g/mol. The fourth-order valence-corrected chi connectivity index (χ4v) is 3.02. The van der Waals surface area contributed by atoms with Crippen LogP contribution in [-0.4, -0.2) is 33.0 Å². The predicted octanol–water partition coefficient (Wildman–Crippen LogP) is 1.56. The third kappa shape index (κ3) is 3.13. The van der Waals surface area contributed by atoms with Crippen molar-refractivity contribution in [1.29, 1.82) is 0 Å². The first-order valence-electron chi connectivity index (χ1n) is 5.11. The van der Waals surface area contributed by atoms with Crippen LogP contribution >= 0.6 is 23.3 Å². The van der Waals surface area contributed by atoms with Gasteiger partial charge in [0.15, 0.2) is 5.12 Å². The first kappa shape index (κ1) is 11.8. The summed E-state index contributed by atoms with van der Waals surface area (Å²) in [5.74, 6) is 0. The van der Waals surface area contributed by atoms with Gasteiger partial charge in [-0.1, -0.05) is 16.3 Å². The summed E-state index contributed by atoms with van der Waals surface area (Å²) in [6, 6.07) is 0. The normalized spacial score (nSPS) is 23.6. The highest BCUT2D eigenvalue weighted by Gasteiger charge is 2.20. The number of carbonyl (C=O) groups is 1. The molecule has 0 radical (unpaired) electrons. The minimum absolute atomic E-state index is 0.175. The van der Waals surface area contributed by atoms with Crippen molar-refractivity contribution in [2.75, 3.05) is 13.1 Å². The number of nitrogens with zero attached hydrogens (tertiary/aromatic N) is 2. The van der Waals surface area contributed by atoms with Crippen molar-refractivity contribution < 1.29 is 4.79 Å². The number of hydrogen-bond acceptors (Lipinski definition) is 6. The molecule has 2 rings (SSSR count). The molecule has 1 aliphatic rings. The molecule has 1 saturated heterocycles. The van der Waals surface area contributed by atoms with Crippen LogP contribution in [0.25, 0.3) is 6.08 Å². The van der Waals surface area contributed by atoms with E-state index in [1.807, 2.05) is 11.5 Å². The van der Waals surface area contributed by atoms with E-state index in [4.69, 9.17) is 0 Å². The molecule has 6 heteroatoms. The van der Waals surface area contributed by atoms with Crippen molar-refractivity contribution in [3.63, 3.8) is 0 Å². The highest BCUT2D eigenvalue weighted by atomic mass is 32.2. The topological polar surface area (TPSA) is 54.9 Å². The van der Waals surface area contributed by atoms with E-state index in [0.717, 1.165) is 25.2 Å². The largest absolute Gasteiger partial charge is 0.313 e. The molecular weight excluding hydrogens is 242 g/mol. The standard InChI is InChI=1S/C10H13N3OS2/c1-7(14)16-10-2-3-11-5-8(10)4-9-6-15-13-12-9/h4,6,10-11H,2-3,5H2,1H3. The summed E-state index contributed by atoms with van der Waals surface area (Å²) in [5, 5.41) is 9.69. The van der Waals surface area contributed by atoms with Crippen LogP contribution in [0.3, 0.4) is 0 Å². The number of carbonyl (C=O) groups excluding carboxylic acids is 1. The molecule has 0 aliphatic carbocycles. The lowest BCUT2D eigenvalue weighted by molar-refractivity contribution is -0.109. The van der Waals surface area contributed by atoms with Crippen molar-refractivity contribution in [3.8, 4) is 0 Å². The molecule has 1 fully saturated rings. The van der Waals surface area contributed by atoms with E-state index >= 15 is 0 Å². The van der Waals surface area contributed by atoms with E-state index in [1.165, 1.54) is 28.9 Å². The number of thioether (sulfide) groups is 1. The van der Waals surface area contributed by atoms with Gasteiger partial charge in [0.05, 0.1) is 5.69 Å². The van der Waals surface area contributed by atoms with Gasteiger partial charge in [0, 0.05) is 24.1 Å². The Morgan fingerprint density at radius 1 is 1.75 bits per heavy atom.